The lowest BCUT2D eigenvalue weighted by Crippen LogP contribution is -2.37. The van der Waals surface area contributed by atoms with E-state index in [1.54, 1.807) is 0 Å². The predicted octanol–water partition coefficient (Wildman–Crippen LogP) is 0.897. The number of rotatable bonds is 1. The van der Waals surface area contributed by atoms with E-state index in [9.17, 15) is 19.2 Å². The van der Waals surface area contributed by atoms with Gasteiger partial charge in [0, 0.05) is 11.8 Å². The second-order valence-electron chi connectivity index (χ2n) is 6.05. The van der Waals surface area contributed by atoms with E-state index in [0.29, 0.717) is 12.8 Å². The van der Waals surface area contributed by atoms with Crippen molar-refractivity contribution in [2.75, 3.05) is 0 Å². The highest BCUT2D eigenvalue weighted by atomic mass is 16.6. The van der Waals surface area contributed by atoms with E-state index in [0.717, 1.165) is 0 Å². The van der Waals surface area contributed by atoms with Gasteiger partial charge in [-0.25, -0.2) is 0 Å². The SMILES string of the molecule is CC1CC(C2CC(=O)OC2=O)CC2C(=O)CC(=O)C12. The highest BCUT2D eigenvalue weighted by molar-refractivity contribution is 6.08. The zero-order chi connectivity index (χ0) is 13.7. The number of hydrogen-bond donors (Lipinski definition) is 0. The summed E-state index contributed by atoms with van der Waals surface area (Å²) in [4.78, 5) is 46.5. The van der Waals surface area contributed by atoms with Gasteiger partial charge in [0.05, 0.1) is 18.8 Å². The van der Waals surface area contributed by atoms with Gasteiger partial charge in [-0.1, -0.05) is 6.92 Å². The summed E-state index contributed by atoms with van der Waals surface area (Å²) in [7, 11) is 0. The first kappa shape index (κ1) is 12.5. The van der Waals surface area contributed by atoms with Crippen LogP contribution in [0.15, 0.2) is 0 Å². The van der Waals surface area contributed by atoms with Crippen molar-refractivity contribution < 1.29 is 23.9 Å². The maximum atomic E-state index is 11.9. The Hall–Kier alpha value is -1.52. The molecule has 0 aromatic rings. The molecule has 3 fully saturated rings. The van der Waals surface area contributed by atoms with E-state index in [1.807, 2.05) is 6.92 Å². The Morgan fingerprint density at radius 2 is 1.74 bits per heavy atom. The van der Waals surface area contributed by atoms with Gasteiger partial charge in [0.15, 0.2) is 0 Å². The standard InChI is InChI=1S/C14H16O5/c1-6-2-7(8-4-12(17)19-14(8)18)3-9-10(15)5-11(16)13(6)9/h6-9,13H,2-5H2,1H3. The fourth-order valence-electron chi connectivity index (χ4n) is 4.06. The number of carbonyl (C=O) groups is 4. The summed E-state index contributed by atoms with van der Waals surface area (Å²) in [5, 5.41) is 0. The summed E-state index contributed by atoms with van der Waals surface area (Å²) < 4.78 is 4.59. The van der Waals surface area contributed by atoms with E-state index in [4.69, 9.17) is 0 Å². The minimum absolute atomic E-state index is 0.00393. The van der Waals surface area contributed by atoms with Crippen LogP contribution < -0.4 is 0 Å². The lowest BCUT2D eigenvalue weighted by atomic mass is 9.66. The molecule has 5 unspecified atom stereocenters. The van der Waals surface area contributed by atoms with Crippen LogP contribution in [0.4, 0.5) is 0 Å². The Morgan fingerprint density at radius 1 is 1.00 bits per heavy atom. The minimum atomic E-state index is -0.474. The third kappa shape index (κ3) is 1.91. The number of hydrogen-bond acceptors (Lipinski definition) is 5. The fourth-order valence-corrected chi connectivity index (χ4v) is 4.06. The molecule has 5 heteroatoms. The van der Waals surface area contributed by atoms with E-state index in [2.05, 4.69) is 4.74 Å². The summed E-state index contributed by atoms with van der Waals surface area (Å²) in [6.45, 7) is 1.96. The maximum Gasteiger partial charge on any atom is 0.317 e. The molecule has 0 aromatic heterocycles. The van der Waals surface area contributed by atoms with Crippen LogP contribution in [-0.4, -0.2) is 23.5 Å². The van der Waals surface area contributed by atoms with E-state index in [-0.39, 0.29) is 48.1 Å². The molecule has 0 aromatic carbocycles. The molecule has 0 amide bonds. The number of cyclic esters (lactones) is 2. The molecule has 0 bridgehead atoms. The van der Waals surface area contributed by atoms with Crippen LogP contribution in [0.3, 0.4) is 0 Å². The van der Waals surface area contributed by atoms with Crippen molar-refractivity contribution in [2.24, 2.45) is 29.6 Å². The summed E-state index contributed by atoms with van der Waals surface area (Å²) in [5.41, 5.74) is 0. The Balaban J connectivity index is 1.80. The quantitative estimate of drug-likeness (QED) is 0.519. The molecular weight excluding hydrogens is 248 g/mol. The average Bonchev–Trinajstić information content (AvgIpc) is 2.80. The van der Waals surface area contributed by atoms with Crippen LogP contribution in [0.1, 0.15) is 32.6 Å². The van der Waals surface area contributed by atoms with Gasteiger partial charge in [0.25, 0.3) is 0 Å². The van der Waals surface area contributed by atoms with Gasteiger partial charge in [-0.15, -0.1) is 0 Å². The minimum Gasteiger partial charge on any atom is -0.393 e. The number of esters is 2. The van der Waals surface area contributed by atoms with Crippen molar-refractivity contribution in [1.82, 2.24) is 0 Å². The van der Waals surface area contributed by atoms with E-state index in [1.165, 1.54) is 0 Å². The molecule has 0 N–H and O–H groups in total. The monoisotopic (exact) mass is 264 g/mol. The van der Waals surface area contributed by atoms with Crippen molar-refractivity contribution in [3.05, 3.63) is 0 Å². The lowest BCUT2D eigenvalue weighted by molar-refractivity contribution is -0.154. The first-order valence-electron chi connectivity index (χ1n) is 6.77. The zero-order valence-electron chi connectivity index (χ0n) is 10.8. The number of Topliss-reactive ketones (excluding diaryl/α,β-unsaturated/α-hetero) is 2. The molecule has 5 atom stereocenters. The summed E-state index contributed by atoms with van der Waals surface area (Å²) in [6, 6.07) is 0. The molecule has 0 radical (unpaired) electrons. The van der Waals surface area contributed by atoms with Gasteiger partial charge in [-0.3, -0.25) is 19.2 Å². The fraction of sp³-hybridized carbons (Fsp3) is 0.714. The van der Waals surface area contributed by atoms with Gasteiger partial charge in [-0.05, 0) is 24.7 Å². The second kappa shape index (κ2) is 4.25. The normalized spacial score (nSPS) is 42.5. The first-order chi connectivity index (χ1) is 8.97. The van der Waals surface area contributed by atoms with Crippen molar-refractivity contribution in [3.8, 4) is 0 Å². The van der Waals surface area contributed by atoms with Crippen LogP contribution in [0.25, 0.3) is 0 Å². The molecule has 3 rings (SSSR count). The smallest absolute Gasteiger partial charge is 0.317 e. The summed E-state index contributed by atoms with van der Waals surface area (Å²) in [5.74, 6) is -1.62. The summed E-state index contributed by atoms with van der Waals surface area (Å²) >= 11 is 0. The molecular formula is C14H16O5. The van der Waals surface area contributed by atoms with Gasteiger partial charge in [0.1, 0.15) is 11.6 Å². The van der Waals surface area contributed by atoms with Gasteiger partial charge in [-0.2, -0.15) is 0 Å². The molecule has 5 nitrogen and oxygen atoms in total. The molecule has 2 aliphatic carbocycles. The Kier molecular flexibility index (Phi) is 2.80. The lowest BCUT2D eigenvalue weighted by Gasteiger charge is -2.36. The van der Waals surface area contributed by atoms with E-state index >= 15 is 0 Å². The van der Waals surface area contributed by atoms with Crippen LogP contribution in [0, 0.1) is 29.6 Å². The van der Waals surface area contributed by atoms with Crippen LogP contribution >= 0.6 is 0 Å². The highest BCUT2D eigenvalue weighted by Gasteiger charge is 2.51. The van der Waals surface area contributed by atoms with Crippen molar-refractivity contribution >= 4 is 23.5 Å². The third-order valence-corrected chi connectivity index (χ3v) is 4.88. The Bertz CT molecular complexity index is 480. The van der Waals surface area contributed by atoms with Crippen LogP contribution in [-0.2, 0) is 23.9 Å². The van der Waals surface area contributed by atoms with Crippen molar-refractivity contribution in [3.63, 3.8) is 0 Å². The average molecular weight is 264 g/mol. The van der Waals surface area contributed by atoms with Crippen LogP contribution in [0.2, 0.25) is 0 Å². The molecule has 0 spiro atoms. The molecule has 19 heavy (non-hydrogen) atoms. The number of ketones is 2. The van der Waals surface area contributed by atoms with Crippen molar-refractivity contribution in [2.45, 2.75) is 32.6 Å². The zero-order valence-corrected chi connectivity index (χ0v) is 10.8. The number of carbonyl (C=O) groups excluding carboxylic acids is 4. The molecule has 1 aliphatic heterocycles. The van der Waals surface area contributed by atoms with E-state index < -0.39 is 17.9 Å². The van der Waals surface area contributed by atoms with Gasteiger partial charge < -0.3 is 4.74 Å². The Morgan fingerprint density at radius 3 is 2.37 bits per heavy atom. The third-order valence-electron chi connectivity index (χ3n) is 4.88. The predicted molar refractivity (Wildman–Crippen MR) is 62.7 cm³/mol. The molecule has 102 valence electrons. The number of fused-ring (bicyclic) bond motifs is 1. The summed E-state index contributed by atoms with van der Waals surface area (Å²) in [6.07, 6.45) is 1.43. The van der Waals surface area contributed by atoms with Gasteiger partial charge >= 0.3 is 11.9 Å². The van der Waals surface area contributed by atoms with Crippen LogP contribution in [0.5, 0.6) is 0 Å². The molecule has 1 saturated heterocycles. The largest absolute Gasteiger partial charge is 0.393 e. The Labute approximate surface area is 110 Å². The topological polar surface area (TPSA) is 77.5 Å². The second-order valence-corrected chi connectivity index (χ2v) is 6.05. The maximum absolute atomic E-state index is 11.9. The highest BCUT2D eigenvalue weighted by Crippen LogP contribution is 2.47. The van der Waals surface area contributed by atoms with Crippen molar-refractivity contribution in [1.29, 1.82) is 0 Å². The first-order valence-corrected chi connectivity index (χ1v) is 6.77. The number of ether oxygens (including phenoxy) is 1. The van der Waals surface area contributed by atoms with Gasteiger partial charge in [0.2, 0.25) is 0 Å². The molecule has 3 aliphatic rings. The molecule has 1 heterocycles. The molecule has 2 saturated carbocycles.